The van der Waals surface area contributed by atoms with E-state index in [0.717, 1.165) is 35.3 Å². The molecule has 0 bridgehead atoms. The maximum absolute atomic E-state index is 13.5. The zero-order valence-corrected chi connectivity index (χ0v) is 19.5. The number of aromatic nitrogens is 3. The average molecular weight is 465 g/mol. The molecule has 2 fully saturated rings. The van der Waals surface area contributed by atoms with Crippen LogP contribution in [-0.4, -0.2) is 61.6 Å². The Kier molecular flexibility index (Phi) is 4.27. The van der Waals surface area contributed by atoms with E-state index in [2.05, 4.69) is 0 Å². The monoisotopic (exact) mass is 464 g/mol. The number of aliphatic hydroxyl groups is 1. The molecule has 1 aliphatic carbocycles. The lowest BCUT2D eigenvalue weighted by Gasteiger charge is -2.43. The van der Waals surface area contributed by atoms with E-state index < -0.39 is 11.3 Å². The van der Waals surface area contributed by atoms with Gasteiger partial charge in [0.15, 0.2) is 6.20 Å². The molecule has 2 aromatic heterocycles. The van der Waals surface area contributed by atoms with Crippen molar-refractivity contribution in [3.63, 3.8) is 0 Å². The van der Waals surface area contributed by atoms with Crippen molar-refractivity contribution in [2.75, 3.05) is 19.6 Å². The first-order chi connectivity index (χ1) is 16.1. The van der Waals surface area contributed by atoms with E-state index in [9.17, 15) is 19.1 Å². The molecule has 3 aliphatic rings. The molecule has 0 spiro atoms. The lowest BCUT2D eigenvalue weighted by Crippen LogP contribution is -2.70. The summed E-state index contributed by atoms with van der Waals surface area (Å²) in [5, 5.41) is 15.1. The summed E-state index contributed by atoms with van der Waals surface area (Å²) in [6, 6.07) is 8.30. The van der Waals surface area contributed by atoms with E-state index in [0.29, 0.717) is 24.7 Å². The second-order valence-corrected chi connectivity index (χ2v) is 10.3. The van der Waals surface area contributed by atoms with Crippen LogP contribution in [0.25, 0.3) is 16.9 Å². The predicted octanol–water partition coefficient (Wildman–Crippen LogP) is 2.05. The Balaban J connectivity index is 1.52. The van der Waals surface area contributed by atoms with E-state index in [1.165, 1.54) is 26.0 Å². The first-order valence-corrected chi connectivity index (χ1v) is 11.7. The minimum Gasteiger partial charge on any atom is -0.381 e. The number of imidazole rings is 1. The Morgan fingerprint density at radius 2 is 1.94 bits per heavy atom. The van der Waals surface area contributed by atoms with Gasteiger partial charge < -0.3 is 10.0 Å². The molecule has 4 heterocycles. The highest BCUT2D eigenvalue weighted by Gasteiger charge is 2.58. The summed E-state index contributed by atoms with van der Waals surface area (Å²) in [7, 11) is 0. The van der Waals surface area contributed by atoms with Crippen LogP contribution in [0.2, 0.25) is 0 Å². The number of rotatable bonds is 3. The summed E-state index contributed by atoms with van der Waals surface area (Å²) in [5.74, 6) is -0.378. The SMILES string of the molecule is CC(C)(O)C(=O)N1CCN2C(=O)c3cn4nc(-c5ccc(F)cc5)cc(C5CC5)c4[n+]3C2(C)C1. The van der Waals surface area contributed by atoms with Gasteiger partial charge in [-0.3, -0.25) is 14.5 Å². The number of hydrogen-bond donors (Lipinski definition) is 1. The average Bonchev–Trinajstić information content (AvgIpc) is 3.52. The molecule has 9 heteroatoms. The van der Waals surface area contributed by atoms with Gasteiger partial charge >= 0.3 is 11.6 Å². The fourth-order valence-corrected chi connectivity index (χ4v) is 5.44. The van der Waals surface area contributed by atoms with Crippen LogP contribution >= 0.6 is 0 Å². The van der Waals surface area contributed by atoms with Crippen LogP contribution in [0, 0.1) is 5.82 Å². The predicted molar refractivity (Wildman–Crippen MR) is 120 cm³/mol. The van der Waals surface area contributed by atoms with Gasteiger partial charge in [0.1, 0.15) is 17.1 Å². The first kappa shape index (κ1) is 21.2. The molecule has 0 radical (unpaired) electrons. The Labute approximate surface area is 196 Å². The zero-order chi connectivity index (χ0) is 24.0. The van der Waals surface area contributed by atoms with Crippen molar-refractivity contribution >= 4 is 17.5 Å². The Morgan fingerprint density at radius 1 is 1.24 bits per heavy atom. The van der Waals surface area contributed by atoms with Crippen LogP contribution in [0.15, 0.2) is 36.5 Å². The molecule has 8 nitrogen and oxygen atoms in total. The van der Waals surface area contributed by atoms with Crippen molar-refractivity contribution < 1.29 is 23.7 Å². The topological polar surface area (TPSA) is 82.0 Å². The van der Waals surface area contributed by atoms with E-state index in [1.54, 1.807) is 27.7 Å². The molecule has 1 saturated carbocycles. The minimum absolute atomic E-state index is 0.0894. The van der Waals surface area contributed by atoms with Crippen molar-refractivity contribution in [1.29, 1.82) is 0 Å². The number of fused-ring (bicyclic) bond motifs is 5. The number of carbonyl (C=O) groups is 2. The molecule has 6 rings (SSSR count). The Bertz CT molecular complexity index is 1360. The molecular formula is C25H27FN5O3+. The third kappa shape index (κ3) is 2.99. The normalized spacial score (nSPS) is 22.3. The number of amides is 2. The van der Waals surface area contributed by atoms with Gasteiger partial charge in [0, 0.05) is 31.1 Å². The van der Waals surface area contributed by atoms with Crippen LogP contribution in [0.5, 0.6) is 0 Å². The van der Waals surface area contributed by atoms with Gasteiger partial charge in [0.2, 0.25) is 11.4 Å². The van der Waals surface area contributed by atoms with Crippen LogP contribution in [-0.2, 0) is 10.5 Å². The molecule has 1 saturated heterocycles. The molecule has 2 aliphatic heterocycles. The maximum Gasteiger partial charge on any atom is 0.313 e. The Morgan fingerprint density at radius 3 is 2.59 bits per heavy atom. The molecule has 1 aromatic carbocycles. The summed E-state index contributed by atoms with van der Waals surface area (Å²) < 4.78 is 17.3. The van der Waals surface area contributed by atoms with Crippen molar-refractivity contribution in [1.82, 2.24) is 19.4 Å². The van der Waals surface area contributed by atoms with Gasteiger partial charge in [0.25, 0.3) is 5.91 Å². The van der Waals surface area contributed by atoms with E-state index in [-0.39, 0.29) is 24.2 Å². The van der Waals surface area contributed by atoms with Crippen molar-refractivity contribution in [2.24, 2.45) is 0 Å². The van der Waals surface area contributed by atoms with E-state index in [1.807, 2.05) is 22.5 Å². The van der Waals surface area contributed by atoms with Crippen molar-refractivity contribution in [2.45, 2.75) is 50.8 Å². The Hall–Kier alpha value is -3.33. The number of piperazine rings is 1. The van der Waals surface area contributed by atoms with E-state index >= 15 is 0 Å². The number of benzene rings is 1. The lowest BCUT2D eigenvalue weighted by molar-refractivity contribution is -0.749. The van der Waals surface area contributed by atoms with Crippen LogP contribution < -0.4 is 4.57 Å². The summed E-state index contributed by atoms with van der Waals surface area (Å²) in [6.45, 7) is 6.00. The smallest absolute Gasteiger partial charge is 0.313 e. The van der Waals surface area contributed by atoms with Gasteiger partial charge in [0.05, 0.1) is 6.54 Å². The number of nitrogens with zero attached hydrogens (tertiary/aromatic N) is 5. The number of halogens is 1. The van der Waals surface area contributed by atoms with Crippen LogP contribution in [0.3, 0.4) is 0 Å². The third-order valence-electron chi connectivity index (χ3n) is 7.26. The second-order valence-electron chi connectivity index (χ2n) is 10.3. The molecule has 1 atom stereocenters. The largest absolute Gasteiger partial charge is 0.381 e. The molecule has 34 heavy (non-hydrogen) atoms. The first-order valence-electron chi connectivity index (χ1n) is 11.7. The van der Waals surface area contributed by atoms with Crippen LogP contribution in [0.1, 0.15) is 55.6 Å². The summed E-state index contributed by atoms with van der Waals surface area (Å²) >= 11 is 0. The summed E-state index contributed by atoms with van der Waals surface area (Å²) in [6.07, 6.45) is 3.88. The lowest BCUT2D eigenvalue weighted by atomic mass is 10.0. The highest BCUT2D eigenvalue weighted by atomic mass is 19.1. The summed E-state index contributed by atoms with van der Waals surface area (Å²) in [5.41, 5.74) is 1.74. The van der Waals surface area contributed by atoms with Gasteiger partial charge in [-0.2, -0.15) is 4.57 Å². The quantitative estimate of drug-likeness (QED) is 0.602. The van der Waals surface area contributed by atoms with Gasteiger partial charge in [-0.05, 0) is 62.9 Å². The van der Waals surface area contributed by atoms with Crippen molar-refractivity contribution in [3.8, 4) is 11.3 Å². The highest BCUT2D eigenvalue weighted by Crippen LogP contribution is 2.43. The second kappa shape index (κ2) is 6.85. The van der Waals surface area contributed by atoms with Gasteiger partial charge in [-0.25, -0.2) is 4.39 Å². The minimum atomic E-state index is -1.48. The fraction of sp³-hybridized carbons (Fsp3) is 0.440. The zero-order valence-electron chi connectivity index (χ0n) is 19.5. The molecule has 2 amide bonds. The molecule has 1 N–H and O–H groups in total. The van der Waals surface area contributed by atoms with Gasteiger partial charge in [-0.15, -0.1) is 0 Å². The standard InChI is InChI=1S/C25H27FN5O3/c1-24(2,34)23(33)28-10-11-29-22(32)20-13-30-21(31(20)25(29,3)14-28)18(15-4-5-15)12-19(27-30)16-6-8-17(26)9-7-16/h6-9,12-13,15,34H,4-5,10-11,14H2,1-3H3/q+1. The molecule has 1 unspecified atom stereocenters. The molecular weight excluding hydrogens is 437 g/mol. The summed E-state index contributed by atoms with van der Waals surface area (Å²) in [4.78, 5) is 29.8. The van der Waals surface area contributed by atoms with Crippen LogP contribution in [0.4, 0.5) is 4.39 Å². The number of hydrogen-bond acceptors (Lipinski definition) is 4. The highest BCUT2D eigenvalue weighted by molar-refractivity contribution is 5.93. The van der Waals surface area contributed by atoms with Gasteiger partial charge in [-0.1, -0.05) is 9.61 Å². The van der Waals surface area contributed by atoms with Crippen molar-refractivity contribution in [3.05, 3.63) is 53.6 Å². The van der Waals surface area contributed by atoms with E-state index in [4.69, 9.17) is 5.10 Å². The molecule has 3 aromatic rings. The fourth-order valence-electron chi connectivity index (χ4n) is 5.44. The maximum atomic E-state index is 13.5. The third-order valence-corrected chi connectivity index (χ3v) is 7.26. The molecule has 176 valence electrons. The number of carbonyl (C=O) groups excluding carboxylic acids is 2.